The molecule has 2 N–H and O–H groups in total. The molecule has 0 fully saturated rings. The molecule has 0 bridgehead atoms. The SMILES string of the molecule is CCCNCCNC(=O)c1cccc(Br)c1Cl. The van der Waals surface area contributed by atoms with E-state index in [0.717, 1.165) is 24.0 Å². The lowest BCUT2D eigenvalue weighted by Crippen LogP contribution is -2.32. The van der Waals surface area contributed by atoms with Crippen molar-refractivity contribution in [2.75, 3.05) is 19.6 Å². The average molecular weight is 320 g/mol. The topological polar surface area (TPSA) is 41.1 Å². The van der Waals surface area contributed by atoms with Crippen LogP contribution in [0.3, 0.4) is 0 Å². The fraction of sp³-hybridized carbons (Fsp3) is 0.417. The second-order valence-corrected chi connectivity index (χ2v) is 4.84. The van der Waals surface area contributed by atoms with E-state index in [1.807, 2.05) is 6.07 Å². The van der Waals surface area contributed by atoms with E-state index in [0.29, 0.717) is 17.1 Å². The highest BCUT2D eigenvalue weighted by atomic mass is 79.9. The molecule has 94 valence electrons. The molecule has 1 aromatic rings. The van der Waals surface area contributed by atoms with E-state index in [2.05, 4.69) is 33.5 Å². The third kappa shape index (κ3) is 4.66. The van der Waals surface area contributed by atoms with Crippen molar-refractivity contribution in [2.45, 2.75) is 13.3 Å². The van der Waals surface area contributed by atoms with Gasteiger partial charge >= 0.3 is 0 Å². The standard InChI is InChI=1S/C12H16BrClN2O/c1-2-6-15-7-8-16-12(17)9-4-3-5-10(13)11(9)14/h3-5,15H,2,6-8H2,1H3,(H,16,17). The van der Waals surface area contributed by atoms with Gasteiger partial charge in [-0.2, -0.15) is 0 Å². The molecular weight excluding hydrogens is 304 g/mol. The number of carbonyl (C=O) groups excluding carboxylic acids is 1. The maximum absolute atomic E-state index is 11.8. The van der Waals surface area contributed by atoms with Crippen LogP contribution in [0.5, 0.6) is 0 Å². The van der Waals surface area contributed by atoms with Gasteiger partial charge in [0.25, 0.3) is 5.91 Å². The molecule has 0 aromatic heterocycles. The number of halogens is 2. The van der Waals surface area contributed by atoms with Crippen molar-refractivity contribution in [1.82, 2.24) is 10.6 Å². The summed E-state index contributed by atoms with van der Waals surface area (Å²) in [5.74, 6) is -0.144. The lowest BCUT2D eigenvalue weighted by molar-refractivity contribution is 0.0954. The van der Waals surface area contributed by atoms with Gasteiger partial charge in [0.05, 0.1) is 10.6 Å². The summed E-state index contributed by atoms with van der Waals surface area (Å²) in [6, 6.07) is 5.31. The molecule has 0 radical (unpaired) electrons. The van der Waals surface area contributed by atoms with Crippen LogP contribution in [-0.2, 0) is 0 Å². The van der Waals surface area contributed by atoms with E-state index >= 15 is 0 Å². The fourth-order valence-corrected chi connectivity index (χ4v) is 1.92. The van der Waals surface area contributed by atoms with Gasteiger partial charge in [0.15, 0.2) is 0 Å². The summed E-state index contributed by atoms with van der Waals surface area (Å²) >= 11 is 9.32. The molecule has 1 aromatic carbocycles. The predicted octanol–water partition coefficient (Wildman–Crippen LogP) is 2.83. The minimum Gasteiger partial charge on any atom is -0.351 e. The number of benzene rings is 1. The second-order valence-electron chi connectivity index (χ2n) is 3.61. The molecule has 1 rings (SSSR count). The monoisotopic (exact) mass is 318 g/mol. The Kier molecular flexibility index (Phi) is 6.55. The van der Waals surface area contributed by atoms with Crippen LogP contribution in [0.2, 0.25) is 5.02 Å². The Balaban J connectivity index is 2.44. The number of amides is 1. The molecule has 1 amide bonds. The number of rotatable bonds is 6. The molecule has 0 heterocycles. The zero-order valence-electron chi connectivity index (χ0n) is 9.72. The van der Waals surface area contributed by atoms with Crippen LogP contribution in [0.25, 0.3) is 0 Å². The lowest BCUT2D eigenvalue weighted by Gasteiger charge is -2.08. The minimum atomic E-state index is -0.144. The first-order valence-electron chi connectivity index (χ1n) is 5.59. The van der Waals surface area contributed by atoms with E-state index in [-0.39, 0.29) is 5.91 Å². The third-order valence-corrected chi connectivity index (χ3v) is 3.51. The maximum atomic E-state index is 11.8. The molecule has 17 heavy (non-hydrogen) atoms. The van der Waals surface area contributed by atoms with E-state index in [1.54, 1.807) is 12.1 Å². The van der Waals surface area contributed by atoms with Crippen molar-refractivity contribution in [3.63, 3.8) is 0 Å². The summed E-state index contributed by atoms with van der Waals surface area (Å²) in [6.45, 7) is 4.44. The normalized spacial score (nSPS) is 10.3. The van der Waals surface area contributed by atoms with Crippen molar-refractivity contribution in [1.29, 1.82) is 0 Å². The number of hydrogen-bond donors (Lipinski definition) is 2. The molecule has 0 aliphatic carbocycles. The Hall–Kier alpha value is -0.580. The lowest BCUT2D eigenvalue weighted by atomic mass is 10.2. The van der Waals surface area contributed by atoms with Gasteiger partial charge in [-0.1, -0.05) is 24.6 Å². The quantitative estimate of drug-likeness (QED) is 0.792. The van der Waals surface area contributed by atoms with Gasteiger partial charge < -0.3 is 10.6 Å². The first kappa shape index (κ1) is 14.5. The van der Waals surface area contributed by atoms with Crippen molar-refractivity contribution < 1.29 is 4.79 Å². The zero-order valence-corrected chi connectivity index (χ0v) is 12.1. The minimum absolute atomic E-state index is 0.144. The van der Waals surface area contributed by atoms with Gasteiger partial charge in [-0.15, -0.1) is 0 Å². The molecule has 0 aliphatic heterocycles. The van der Waals surface area contributed by atoms with E-state index in [4.69, 9.17) is 11.6 Å². The van der Waals surface area contributed by atoms with Gasteiger partial charge in [-0.25, -0.2) is 0 Å². The van der Waals surface area contributed by atoms with Crippen LogP contribution in [0, 0.1) is 0 Å². The van der Waals surface area contributed by atoms with Crippen LogP contribution in [0.15, 0.2) is 22.7 Å². The summed E-state index contributed by atoms with van der Waals surface area (Å²) in [4.78, 5) is 11.8. The molecule has 0 atom stereocenters. The Morgan fingerprint density at radius 3 is 2.82 bits per heavy atom. The van der Waals surface area contributed by atoms with Crippen LogP contribution in [0.4, 0.5) is 0 Å². The highest BCUT2D eigenvalue weighted by Crippen LogP contribution is 2.25. The van der Waals surface area contributed by atoms with Gasteiger partial charge in [-0.05, 0) is 41.0 Å². The van der Waals surface area contributed by atoms with Gasteiger partial charge in [0, 0.05) is 17.6 Å². The Bertz CT molecular complexity index is 385. The van der Waals surface area contributed by atoms with Crippen LogP contribution < -0.4 is 10.6 Å². The predicted molar refractivity (Wildman–Crippen MR) is 74.6 cm³/mol. The largest absolute Gasteiger partial charge is 0.351 e. The van der Waals surface area contributed by atoms with Crippen molar-refractivity contribution in [3.05, 3.63) is 33.3 Å². The summed E-state index contributed by atoms with van der Waals surface area (Å²) < 4.78 is 0.732. The summed E-state index contributed by atoms with van der Waals surface area (Å²) in [5, 5.41) is 6.48. The van der Waals surface area contributed by atoms with Crippen molar-refractivity contribution in [3.8, 4) is 0 Å². The molecular formula is C12H16BrClN2O. The number of carbonyl (C=O) groups is 1. The Morgan fingerprint density at radius 1 is 1.35 bits per heavy atom. The number of nitrogens with one attached hydrogen (secondary N) is 2. The summed E-state index contributed by atoms with van der Waals surface area (Å²) in [7, 11) is 0. The van der Waals surface area contributed by atoms with Gasteiger partial charge in [0.2, 0.25) is 0 Å². The highest BCUT2D eigenvalue weighted by molar-refractivity contribution is 9.10. The van der Waals surface area contributed by atoms with Crippen molar-refractivity contribution in [2.24, 2.45) is 0 Å². The average Bonchev–Trinajstić information content (AvgIpc) is 2.32. The van der Waals surface area contributed by atoms with Crippen molar-refractivity contribution >= 4 is 33.4 Å². The van der Waals surface area contributed by atoms with Crippen LogP contribution in [0.1, 0.15) is 23.7 Å². The van der Waals surface area contributed by atoms with Gasteiger partial charge in [-0.3, -0.25) is 4.79 Å². The maximum Gasteiger partial charge on any atom is 0.252 e. The molecule has 0 unspecified atom stereocenters. The first-order chi connectivity index (χ1) is 8.16. The summed E-state index contributed by atoms with van der Waals surface area (Å²) in [5.41, 5.74) is 0.497. The zero-order chi connectivity index (χ0) is 12.7. The Morgan fingerprint density at radius 2 is 2.12 bits per heavy atom. The fourth-order valence-electron chi connectivity index (χ4n) is 1.34. The highest BCUT2D eigenvalue weighted by Gasteiger charge is 2.11. The molecule has 0 aliphatic rings. The van der Waals surface area contributed by atoms with Gasteiger partial charge in [0.1, 0.15) is 0 Å². The van der Waals surface area contributed by atoms with Crippen LogP contribution in [-0.4, -0.2) is 25.5 Å². The first-order valence-corrected chi connectivity index (χ1v) is 6.76. The molecule has 3 nitrogen and oxygen atoms in total. The summed E-state index contributed by atoms with van der Waals surface area (Å²) in [6.07, 6.45) is 1.09. The van der Waals surface area contributed by atoms with E-state index in [1.165, 1.54) is 0 Å². The molecule has 5 heteroatoms. The molecule has 0 saturated carbocycles. The molecule has 0 saturated heterocycles. The van der Waals surface area contributed by atoms with Crippen LogP contribution >= 0.6 is 27.5 Å². The smallest absolute Gasteiger partial charge is 0.252 e. The Labute approximate surface area is 115 Å². The van der Waals surface area contributed by atoms with E-state index < -0.39 is 0 Å². The molecule has 0 spiro atoms. The third-order valence-electron chi connectivity index (χ3n) is 2.21. The van der Waals surface area contributed by atoms with E-state index in [9.17, 15) is 4.79 Å². The number of hydrogen-bond acceptors (Lipinski definition) is 2. The second kappa shape index (κ2) is 7.69.